The molecule has 2 heterocycles. The highest BCUT2D eigenvalue weighted by Gasteiger charge is 2.25. The molecule has 1 aliphatic heterocycles. The second kappa shape index (κ2) is 8.15. The van der Waals surface area contributed by atoms with Gasteiger partial charge in [0.25, 0.3) is 5.19 Å². The van der Waals surface area contributed by atoms with Crippen molar-refractivity contribution in [1.29, 1.82) is 0 Å². The fourth-order valence-corrected chi connectivity index (χ4v) is 4.88. The lowest BCUT2D eigenvalue weighted by atomic mass is 10.0. The summed E-state index contributed by atoms with van der Waals surface area (Å²) in [5.41, 5.74) is 7.07. The van der Waals surface area contributed by atoms with Gasteiger partial charge in [0.2, 0.25) is 5.91 Å². The Balaban J connectivity index is 1.34. The summed E-state index contributed by atoms with van der Waals surface area (Å²) in [4.78, 5) is 19.4. The van der Waals surface area contributed by atoms with Crippen molar-refractivity contribution < 1.29 is 9.53 Å². The number of amides is 1. The zero-order valence-electron chi connectivity index (χ0n) is 17.6. The van der Waals surface area contributed by atoms with Crippen LogP contribution in [0, 0.1) is 27.7 Å². The molecule has 1 amide bonds. The topological polar surface area (TPSA) is 42.4 Å². The van der Waals surface area contributed by atoms with Crippen molar-refractivity contribution >= 4 is 27.5 Å². The van der Waals surface area contributed by atoms with Crippen molar-refractivity contribution in [2.75, 3.05) is 13.1 Å². The molecule has 2 aromatic carbocycles. The van der Waals surface area contributed by atoms with Gasteiger partial charge < -0.3 is 9.64 Å². The van der Waals surface area contributed by atoms with Crippen LogP contribution in [0.5, 0.6) is 5.19 Å². The standard InChI is InChI=1S/C24H28N2O2S/c1-15-7-8-19(13-18(15)4)14-21(27)26-11-9-20(10-12-26)28-24-25-22-16(2)5-6-17(3)23(22)29-24/h5-8,13,20H,9-12,14H2,1-4H3. The maximum absolute atomic E-state index is 12.7. The fourth-order valence-electron chi connectivity index (χ4n) is 3.86. The van der Waals surface area contributed by atoms with Crippen LogP contribution in [0.25, 0.3) is 10.2 Å². The largest absolute Gasteiger partial charge is 0.467 e. The van der Waals surface area contributed by atoms with Crippen LogP contribution < -0.4 is 4.74 Å². The molecule has 0 spiro atoms. The quantitative estimate of drug-likeness (QED) is 0.600. The first-order valence-corrected chi connectivity index (χ1v) is 11.1. The molecule has 0 radical (unpaired) electrons. The molecule has 152 valence electrons. The number of aromatic nitrogens is 1. The summed E-state index contributed by atoms with van der Waals surface area (Å²) < 4.78 is 7.40. The Kier molecular flexibility index (Phi) is 5.59. The Morgan fingerprint density at radius 2 is 1.72 bits per heavy atom. The lowest BCUT2D eigenvalue weighted by molar-refractivity contribution is -0.132. The molecular weight excluding hydrogens is 380 g/mol. The summed E-state index contributed by atoms with van der Waals surface area (Å²) in [6.45, 7) is 9.89. The van der Waals surface area contributed by atoms with E-state index in [2.05, 4.69) is 58.0 Å². The molecule has 0 N–H and O–H groups in total. The predicted molar refractivity (Wildman–Crippen MR) is 119 cm³/mol. The molecule has 4 rings (SSSR count). The second-order valence-corrected chi connectivity index (χ2v) is 9.11. The number of ether oxygens (including phenoxy) is 1. The van der Waals surface area contributed by atoms with Crippen LogP contribution in [0.3, 0.4) is 0 Å². The Hall–Kier alpha value is -2.40. The molecule has 1 saturated heterocycles. The number of aryl methyl sites for hydroxylation is 4. The monoisotopic (exact) mass is 408 g/mol. The number of likely N-dealkylation sites (tertiary alicyclic amines) is 1. The lowest BCUT2D eigenvalue weighted by Gasteiger charge is -2.31. The van der Waals surface area contributed by atoms with Gasteiger partial charge in [0, 0.05) is 25.9 Å². The summed E-state index contributed by atoms with van der Waals surface area (Å²) in [6.07, 6.45) is 2.31. The zero-order chi connectivity index (χ0) is 20.5. The second-order valence-electron chi connectivity index (χ2n) is 8.15. The summed E-state index contributed by atoms with van der Waals surface area (Å²) in [5.74, 6) is 0.206. The van der Waals surface area contributed by atoms with Crippen molar-refractivity contribution in [3.63, 3.8) is 0 Å². The van der Waals surface area contributed by atoms with Crippen molar-refractivity contribution in [1.82, 2.24) is 9.88 Å². The number of thiazole rings is 1. The molecular formula is C24H28N2O2S. The molecule has 3 aromatic rings. The van der Waals surface area contributed by atoms with E-state index in [1.807, 2.05) is 4.90 Å². The van der Waals surface area contributed by atoms with E-state index in [0.717, 1.165) is 42.2 Å². The highest BCUT2D eigenvalue weighted by molar-refractivity contribution is 7.20. The van der Waals surface area contributed by atoms with E-state index >= 15 is 0 Å². The normalized spacial score (nSPS) is 15.1. The smallest absolute Gasteiger partial charge is 0.274 e. The van der Waals surface area contributed by atoms with E-state index in [0.29, 0.717) is 6.42 Å². The maximum atomic E-state index is 12.7. The molecule has 5 heteroatoms. The molecule has 0 unspecified atom stereocenters. The predicted octanol–water partition coefficient (Wildman–Crippen LogP) is 5.14. The van der Waals surface area contributed by atoms with Gasteiger partial charge >= 0.3 is 0 Å². The Bertz CT molecular complexity index is 1010. The first-order valence-electron chi connectivity index (χ1n) is 10.3. The SMILES string of the molecule is Cc1ccc(CC(=O)N2CCC(Oc3nc4c(C)ccc(C)c4s3)CC2)cc1C. The van der Waals surface area contributed by atoms with Crippen LogP contribution in [0.2, 0.25) is 0 Å². The van der Waals surface area contributed by atoms with Crippen LogP contribution in [-0.4, -0.2) is 35.0 Å². The van der Waals surface area contributed by atoms with Crippen LogP contribution in [-0.2, 0) is 11.2 Å². The minimum Gasteiger partial charge on any atom is -0.467 e. The maximum Gasteiger partial charge on any atom is 0.274 e. The van der Waals surface area contributed by atoms with E-state index < -0.39 is 0 Å². The Labute approximate surface area is 176 Å². The van der Waals surface area contributed by atoms with Gasteiger partial charge in [-0.1, -0.05) is 41.7 Å². The van der Waals surface area contributed by atoms with Crippen molar-refractivity contribution in [3.05, 3.63) is 58.1 Å². The number of hydrogen-bond donors (Lipinski definition) is 0. The molecule has 0 aliphatic carbocycles. The lowest BCUT2D eigenvalue weighted by Crippen LogP contribution is -2.42. The first-order chi connectivity index (χ1) is 13.9. The van der Waals surface area contributed by atoms with Crippen LogP contribution in [0.1, 0.15) is 40.7 Å². The summed E-state index contributed by atoms with van der Waals surface area (Å²) in [5, 5.41) is 0.748. The minimum atomic E-state index is 0.127. The van der Waals surface area contributed by atoms with Crippen LogP contribution in [0.4, 0.5) is 0 Å². The number of carbonyl (C=O) groups excluding carboxylic acids is 1. The molecule has 1 aliphatic rings. The number of piperidine rings is 1. The van der Waals surface area contributed by atoms with Crippen LogP contribution in [0.15, 0.2) is 30.3 Å². The number of hydrogen-bond acceptors (Lipinski definition) is 4. The van der Waals surface area contributed by atoms with Gasteiger partial charge in [-0.2, -0.15) is 0 Å². The van der Waals surface area contributed by atoms with Gasteiger partial charge in [0.1, 0.15) is 6.10 Å². The Morgan fingerprint density at radius 3 is 2.41 bits per heavy atom. The molecule has 4 nitrogen and oxygen atoms in total. The number of benzene rings is 2. The summed E-state index contributed by atoms with van der Waals surface area (Å²) in [7, 11) is 0. The molecule has 1 aromatic heterocycles. The van der Waals surface area contributed by atoms with Gasteiger partial charge in [-0.15, -0.1) is 0 Å². The van der Waals surface area contributed by atoms with E-state index in [9.17, 15) is 4.79 Å². The van der Waals surface area contributed by atoms with Gasteiger partial charge in [-0.3, -0.25) is 4.79 Å². The third-order valence-corrected chi connectivity index (χ3v) is 6.99. The average Bonchev–Trinajstić information content (AvgIpc) is 3.13. The minimum absolute atomic E-state index is 0.127. The summed E-state index contributed by atoms with van der Waals surface area (Å²) >= 11 is 1.63. The van der Waals surface area contributed by atoms with E-state index in [4.69, 9.17) is 9.72 Å². The fraction of sp³-hybridized carbons (Fsp3) is 0.417. The van der Waals surface area contributed by atoms with Crippen LogP contribution >= 0.6 is 11.3 Å². The van der Waals surface area contributed by atoms with Gasteiger partial charge in [-0.05, 0) is 55.5 Å². The van der Waals surface area contributed by atoms with Gasteiger partial charge in [0.05, 0.1) is 16.6 Å². The molecule has 1 fully saturated rings. The van der Waals surface area contributed by atoms with Crippen molar-refractivity contribution in [2.24, 2.45) is 0 Å². The third-order valence-electron chi connectivity index (χ3n) is 5.91. The first kappa shape index (κ1) is 19.9. The van der Waals surface area contributed by atoms with Gasteiger partial charge in [0.15, 0.2) is 0 Å². The van der Waals surface area contributed by atoms with Crippen molar-refractivity contribution in [2.45, 2.75) is 53.1 Å². The highest BCUT2D eigenvalue weighted by atomic mass is 32.1. The molecule has 0 bridgehead atoms. The Morgan fingerprint density at radius 1 is 1.03 bits per heavy atom. The molecule has 29 heavy (non-hydrogen) atoms. The molecule has 0 saturated carbocycles. The number of nitrogens with zero attached hydrogens (tertiary/aromatic N) is 2. The van der Waals surface area contributed by atoms with Crippen molar-refractivity contribution in [3.8, 4) is 5.19 Å². The summed E-state index contributed by atoms with van der Waals surface area (Å²) in [6, 6.07) is 10.5. The van der Waals surface area contributed by atoms with E-state index in [1.165, 1.54) is 27.0 Å². The average molecular weight is 409 g/mol. The third kappa shape index (κ3) is 4.30. The number of rotatable bonds is 4. The number of fused-ring (bicyclic) bond motifs is 1. The van der Waals surface area contributed by atoms with E-state index in [1.54, 1.807) is 11.3 Å². The van der Waals surface area contributed by atoms with E-state index in [-0.39, 0.29) is 12.0 Å². The zero-order valence-corrected chi connectivity index (χ0v) is 18.4. The number of carbonyl (C=O) groups is 1. The van der Waals surface area contributed by atoms with Gasteiger partial charge in [-0.25, -0.2) is 4.98 Å². The molecule has 0 atom stereocenters. The highest BCUT2D eigenvalue weighted by Crippen LogP contribution is 2.33.